The second kappa shape index (κ2) is 5.67. The van der Waals surface area contributed by atoms with Crippen molar-refractivity contribution in [2.45, 2.75) is 58.9 Å². The lowest BCUT2D eigenvalue weighted by Crippen LogP contribution is -2.44. The van der Waals surface area contributed by atoms with Crippen molar-refractivity contribution in [3.05, 3.63) is 0 Å². The molecular formula is C13H26N2O. The molecule has 0 saturated carbocycles. The van der Waals surface area contributed by atoms with Crippen LogP contribution in [0.4, 0.5) is 0 Å². The van der Waals surface area contributed by atoms with Crippen LogP contribution >= 0.6 is 0 Å². The van der Waals surface area contributed by atoms with Crippen LogP contribution in [0.5, 0.6) is 0 Å². The molecule has 0 aliphatic carbocycles. The molecular weight excluding hydrogens is 200 g/mol. The van der Waals surface area contributed by atoms with Crippen LogP contribution in [-0.4, -0.2) is 29.9 Å². The van der Waals surface area contributed by atoms with E-state index < -0.39 is 0 Å². The fraction of sp³-hybridized carbons (Fsp3) is 0.923. The molecule has 1 saturated heterocycles. The maximum absolute atomic E-state index is 11.8. The molecule has 1 rings (SSSR count). The second-order valence-electron chi connectivity index (χ2n) is 5.27. The molecule has 1 atom stereocenters. The SMILES string of the molecule is CCC1(CC)CCN(C(=O)CC(C)N)CC1. The molecule has 0 spiro atoms. The molecule has 1 unspecified atom stereocenters. The average molecular weight is 226 g/mol. The molecule has 0 radical (unpaired) electrons. The summed E-state index contributed by atoms with van der Waals surface area (Å²) in [7, 11) is 0. The molecule has 16 heavy (non-hydrogen) atoms. The Labute approximate surface area is 99.4 Å². The second-order valence-corrected chi connectivity index (χ2v) is 5.27. The van der Waals surface area contributed by atoms with Crippen molar-refractivity contribution in [3.8, 4) is 0 Å². The van der Waals surface area contributed by atoms with Crippen LogP contribution in [0.2, 0.25) is 0 Å². The third kappa shape index (κ3) is 3.21. The summed E-state index contributed by atoms with van der Waals surface area (Å²) in [5, 5.41) is 0. The summed E-state index contributed by atoms with van der Waals surface area (Å²) in [5.41, 5.74) is 6.15. The zero-order valence-electron chi connectivity index (χ0n) is 11.0. The Morgan fingerprint density at radius 3 is 2.19 bits per heavy atom. The van der Waals surface area contributed by atoms with Gasteiger partial charge in [-0.25, -0.2) is 0 Å². The van der Waals surface area contributed by atoms with Crippen molar-refractivity contribution in [2.24, 2.45) is 11.1 Å². The largest absolute Gasteiger partial charge is 0.343 e. The molecule has 1 aliphatic rings. The third-order valence-electron chi connectivity index (χ3n) is 4.17. The van der Waals surface area contributed by atoms with Gasteiger partial charge in [0.15, 0.2) is 0 Å². The van der Waals surface area contributed by atoms with Gasteiger partial charge in [0.05, 0.1) is 0 Å². The minimum absolute atomic E-state index is 0.0171. The van der Waals surface area contributed by atoms with E-state index in [9.17, 15) is 4.79 Å². The summed E-state index contributed by atoms with van der Waals surface area (Å²) in [5.74, 6) is 0.232. The van der Waals surface area contributed by atoms with Gasteiger partial charge in [-0.15, -0.1) is 0 Å². The Morgan fingerprint density at radius 1 is 1.31 bits per heavy atom. The molecule has 0 aromatic heterocycles. The predicted octanol–water partition coefficient (Wildman–Crippen LogP) is 2.15. The van der Waals surface area contributed by atoms with Crippen molar-refractivity contribution >= 4 is 5.91 Å². The van der Waals surface area contributed by atoms with Gasteiger partial charge >= 0.3 is 0 Å². The third-order valence-corrected chi connectivity index (χ3v) is 4.17. The molecule has 3 nitrogen and oxygen atoms in total. The fourth-order valence-corrected chi connectivity index (χ4v) is 2.59. The highest BCUT2D eigenvalue weighted by Crippen LogP contribution is 2.37. The van der Waals surface area contributed by atoms with Gasteiger partial charge in [0.25, 0.3) is 0 Å². The summed E-state index contributed by atoms with van der Waals surface area (Å²) in [6.45, 7) is 8.27. The maximum atomic E-state index is 11.8. The van der Waals surface area contributed by atoms with Crippen molar-refractivity contribution in [3.63, 3.8) is 0 Å². The topological polar surface area (TPSA) is 46.3 Å². The minimum Gasteiger partial charge on any atom is -0.343 e. The number of rotatable bonds is 4. The number of hydrogen-bond acceptors (Lipinski definition) is 2. The molecule has 1 fully saturated rings. The van der Waals surface area contributed by atoms with Gasteiger partial charge in [0.2, 0.25) is 5.91 Å². The van der Waals surface area contributed by atoms with Crippen LogP contribution in [-0.2, 0) is 4.79 Å². The zero-order valence-corrected chi connectivity index (χ0v) is 11.0. The lowest BCUT2D eigenvalue weighted by atomic mass is 9.74. The van der Waals surface area contributed by atoms with E-state index in [0.29, 0.717) is 11.8 Å². The fourth-order valence-electron chi connectivity index (χ4n) is 2.59. The maximum Gasteiger partial charge on any atom is 0.224 e. The first-order valence-corrected chi connectivity index (χ1v) is 6.56. The number of carbonyl (C=O) groups is 1. The van der Waals surface area contributed by atoms with E-state index in [4.69, 9.17) is 5.73 Å². The summed E-state index contributed by atoms with van der Waals surface area (Å²) in [4.78, 5) is 13.8. The van der Waals surface area contributed by atoms with E-state index in [-0.39, 0.29) is 11.9 Å². The highest BCUT2D eigenvalue weighted by molar-refractivity contribution is 5.76. The molecule has 1 amide bonds. The van der Waals surface area contributed by atoms with Crippen LogP contribution < -0.4 is 5.73 Å². The van der Waals surface area contributed by atoms with Gasteiger partial charge in [-0.2, -0.15) is 0 Å². The lowest BCUT2D eigenvalue weighted by Gasteiger charge is -2.41. The average Bonchev–Trinajstić information content (AvgIpc) is 2.28. The minimum atomic E-state index is -0.0171. The van der Waals surface area contributed by atoms with Crippen molar-refractivity contribution in [1.29, 1.82) is 0 Å². The number of nitrogens with two attached hydrogens (primary N) is 1. The van der Waals surface area contributed by atoms with Gasteiger partial charge < -0.3 is 10.6 Å². The van der Waals surface area contributed by atoms with Gasteiger partial charge in [-0.05, 0) is 25.2 Å². The van der Waals surface area contributed by atoms with Crippen LogP contribution in [0.1, 0.15) is 52.9 Å². The first kappa shape index (κ1) is 13.5. The molecule has 2 N–H and O–H groups in total. The monoisotopic (exact) mass is 226 g/mol. The molecule has 1 heterocycles. The lowest BCUT2D eigenvalue weighted by molar-refractivity contribution is -0.133. The Kier molecular flexibility index (Phi) is 4.78. The van der Waals surface area contributed by atoms with Crippen LogP contribution in [0.15, 0.2) is 0 Å². The Hall–Kier alpha value is -0.570. The highest BCUT2D eigenvalue weighted by atomic mass is 16.2. The van der Waals surface area contributed by atoms with E-state index in [0.717, 1.165) is 25.9 Å². The number of hydrogen-bond donors (Lipinski definition) is 1. The van der Waals surface area contributed by atoms with Gasteiger partial charge in [0, 0.05) is 25.6 Å². The molecule has 1 aliphatic heterocycles. The molecule has 0 aromatic rings. The first-order chi connectivity index (χ1) is 7.53. The van der Waals surface area contributed by atoms with E-state index >= 15 is 0 Å². The standard InChI is InChI=1S/C13H26N2O/c1-4-13(5-2)6-8-15(9-7-13)12(16)10-11(3)14/h11H,4-10,14H2,1-3H3. The van der Waals surface area contributed by atoms with E-state index in [2.05, 4.69) is 13.8 Å². The zero-order chi connectivity index (χ0) is 12.2. The summed E-state index contributed by atoms with van der Waals surface area (Å²) >= 11 is 0. The number of piperidine rings is 1. The van der Waals surface area contributed by atoms with Crippen molar-refractivity contribution in [1.82, 2.24) is 4.90 Å². The van der Waals surface area contributed by atoms with Crippen LogP contribution in [0, 0.1) is 5.41 Å². The Balaban J connectivity index is 2.45. The highest BCUT2D eigenvalue weighted by Gasteiger charge is 2.32. The van der Waals surface area contributed by atoms with Crippen molar-refractivity contribution in [2.75, 3.05) is 13.1 Å². The Morgan fingerprint density at radius 2 is 1.81 bits per heavy atom. The van der Waals surface area contributed by atoms with Crippen LogP contribution in [0.3, 0.4) is 0 Å². The van der Waals surface area contributed by atoms with Crippen molar-refractivity contribution < 1.29 is 4.79 Å². The van der Waals surface area contributed by atoms with Gasteiger partial charge in [-0.3, -0.25) is 4.79 Å². The quantitative estimate of drug-likeness (QED) is 0.798. The first-order valence-electron chi connectivity index (χ1n) is 6.56. The normalized spacial score (nSPS) is 21.9. The summed E-state index contributed by atoms with van der Waals surface area (Å²) in [6, 6.07) is -0.0171. The van der Waals surface area contributed by atoms with Crippen LogP contribution in [0.25, 0.3) is 0 Å². The van der Waals surface area contributed by atoms with E-state index in [1.165, 1.54) is 12.8 Å². The Bertz CT molecular complexity index is 224. The predicted molar refractivity (Wildman–Crippen MR) is 67.1 cm³/mol. The summed E-state index contributed by atoms with van der Waals surface area (Å²) < 4.78 is 0. The summed E-state index contributed by atoms with van der Waals surface area (Å²) in [6.07, 6.45) is 5.28. The molecule has 3 heteroatoms. The van der Waals surface area contributed by atoms with Gasteiger partial charge in [-0.1, -0.05) is 26.7 Å². The molecule has 0 bridgehead atoms. The smallest absolute Gasteiger partial charge is 0.224 e. The molecule has 94 valence electrons. The van der Waals surface area contributed by atoms with E-state index in [1.54, 1.807) is 0 Å². The number of likely N-dealkylation sites (tertiary alicyclic amines) is 1. The van der Waals surface area contributed by atoms with Gasteiger partial charge in [0.1, 0.15) is 0 Å². The number of amides is 1. The van der Waals surface area contributed by atoms with E-state index in [1.807, 2.05) is 11.8 Å². The number of nitrogens with zero attached hydrogens (tertiary/aromatic N) is 1. The molecule has 0 aromatic carbocycles. The number of carbonyl (C=O) groups excluding carboxylic acids is 1.